The Morgan fingerprint density at radius 1 is 0.444 bits per heavy atom. The van der Waals surface area contributed by atoms with E-state index in [4.69, 9.17) is 0 Å². The number of carboxylic acid groups (broad SMARTS) is 3. The van der Waals surface area contributed by atoms with E-state index in [1.54, 1.807) is 0 Å². The quantitative estimate of drug-likeness (QED) is 0.0374. The van der Waals surface area contributed by atoms with Crippen LogP contribution >= 0.6 is 0 Å². The van der Waals surface area contributed by atoms with Gasteiger partial charge in [0.25, 0.3) is 0 Å². The van der Waals surface area contributed by atoms with E-state index in [2.05, 4.69) is 6.92 Å². The molecule has 0 radical (unpaired) electrons. The van der Waals surface area contributed by atoms with Crippen LogP contribution in [0.4, 0.5) is 0 Å². The number of aliphatic carboxylic acids is 3. The number of allylic oxidation sites excluding steroid dienone is 1. The summed E-state index contributed by atoms with van der Waals surface area (Å²) >= 11 is 0. The molecular formula is C38H72NO6+. The van der Waals surface area contributed by atoms with E-state index in [9.17, 15) is 29.7 Å². The highest BCUT2D eigenvalue weighted by atomic mass is 16.4. The fraction of sp³-hybridized carbons (Fsp3) is 0.868. The molecule has 0 fully saturated rings. The number of carboxylic acids is 3. The molecule has 45 heavy (non-hydrogen) atoms. The van der Waals surface area contributed by atoms with Crippen molar-refractivity contribution in [3.63, 3.8) is 0 Å². The van der Waals surface area contributed by atoms with Gasteiger partial charge in [0, 0.05) is 19.3 Å². The Bertz CT molecular complexity index is 722. The van der Waals surface area contributed by atoms with Gasteiger partial charge in [0.1, 0.15) is 0 Å². The number of unbranched alkanes of at least 4 members (excludes halogenated alkanes) is 18. The lowest BCUT2D eigenvalue weighted by atomic mass is 9.92. The van der Waals surface area contributed by atoms with Gasteiger partial charge in [0.2, 0.25) is 0 Å². The predicted molar refractivity (Wildman–Crippen MR) is 187 cm³/mol. The largest absolute Gasteiger partial charge is 0.477 e. The van der Waals surface area contributed by atoms with Gasteiger partial charge in [-0.1, -0.05) is 143 Å². The van der Waals surface area contributed by atoms with Crippen LogP contribution in [0.5, 0.6) is 0 Å². The van der Waals surface area contributed by atoms with Gasteiger partial charge in [0.15, 0.2) is 18.1 Å². The minimum Gasteiger partial charge on any atom is -0.477 e. The van der Waals surface area contributed by atoms with Crippen molar-refractivity contribution in [3.8, 4) is 0 Å². The minimum atomic E-state index is -1.11. The maximum absolute atomic E-state index is 12.6. The summed E-state index contributed by atoms with van der Waals surface area (Å²) in [6.07, 6.45) is 31.0. The highest BCUT2D eigenvalue weighted by Gasteiger charge is 2.56. The lowest BCUT2D eigenvalue weighted by molar-refractivity contribution is -0.968. The molecule has 0 rings (SSSR count). The van der Waals surface area contributed by atoms with E-state index in [-0.39, 0.29) is 25.8 Å². The molecule has 0 aromatic heterocycles. The Hall–Kier alpha value is -1.89. The van der Waals surface area contributed by atoms with Crippen molar-refractivity contribution >= 4 is 17.9 Å². The average molecular weight is 639 g/mol. The molecule has 0 aliphatic heterocycles. The van der Waals surface area contributed by atoms with Crippen molar-refractivity contribution in [2.24, 2.45) is 0 Å². The van der Waals surface area contributed by atoms with Crippen LogP contribution in [0.3, 0.4) is 0 Å². The molecule has 3 N–H and O–H groups in total. The summed E-state index contributed by atoms with van der Waals surface area (Å²) < 4.78 is -0.453. The van der Waals surface area contributed by atoms with Crippen molar-refractivity contribution in [3.05, 3.63) is 12.2 Å². The Kier molecular flexibility index (Phi) is 27.2. The van der Waals surface area contributed by atoms with Gasteiger partial charge in [-0.2, -0.15) is 0 Å². The van der Waals surface area contributed by atoms with E-state index in [0.717, 1.165) is 19.3 Å². The summed E-state index contributed by atoms with van der Waals surface area (Å²) in [6, 6.07) is -3.28. The Labute approximate surface area is 276 Å². The van der Waals surface area contributed by atoms with Gasteiger partial charge < -0.3 is 15.3 Å². The van der Waals surface area contributed by atoms with Crippen LogP contribution in [-0.4, -0.2) is 62.4 Å². The number of nitrogens with zero attached hydrogens (tertiary/aromatic N) is 1. The topological polar surface area (TPSA) is 112 Å². The first-order valence-corrected chi connectivity index (χ1v) is 18.9. The fourth-order valence-corrected chi connectivity index (χ4v) is 7.10. The first-order chi connectivity index (χ1) is 21.7. The molecule has 0 bridgehead atoms. The second-order valence-corrected chi connectivity index (χ2v) is 13.4. The van der Waals surface area contributed by atoms with Crippen LogP contribution in [0.2, 0.25) is 0 Å². The molecular weight excluding hydrogens is 566 g/mol. The summed E-state index contributed by atoms with van der Waals surface area (Å²) in [7, 11) is 0. The van der Waals surface area contributed by atoms with Crippen molar-refractivity contribution in [2.45, 2.75) is 206 Å². The lowest BCUT2D eigenvalue weighted by Crippen LogP contribution is -2.72. The van der Waals surface area contributed by atoms with E-state index in [1.165, 1.54) is 103 Å². The zero-order chi connectivity index (χ0) is 33.8. The normalized spacial score (nSPS) is 15.1. The highest BCUT2D eigenvalue weighted by Crippen LogP contribution is 2.33. The van der Waals surface area contributed by atoms with Crippen LogP contribution in [0, 0.1) is 0 Å². The molecule has 0 aromatic carbocycles. The monoisotopic (exact) mass is 639 g/mol. The smallest absolute Gasteiger partial charge is 0.362 e. The molecule has 0 saturated heterocycles. The summed E-state index contributed by atoms with van der Waals surface area (Å²) in [5.74, 6) is -3.34. The number of hydrogen-bond acceptors (Lipinski definition) is 3. The molecule has 0 amide bonds. The van der Waals surface area contributed by atoms with E-state index >= 15 is 0 Å². The van der Waals surface area contributed by atoms with Crippen molar-refractivity contribution < 1.29 is 34.2 Å². The summed E-state index contributed by atoms with van der Waals surface area (Å²) in [5.41, 5.74) is 0. The molecule has 7 nitrogen and oxygen atoms in total. The summed E-state index contributed by atoms with van der Waals surface area (Å²) in [4.78, 5) is 37.8. The Morgan fingerprint density at radius 2 is 0.733 bits per heavy atom. The second-order valence-electron chi connectivity index (χ2n) is 13.4. The third-order valence-electron chi connectivity index (χ3n) is 9.59. The van der Waals surface area contributed by atoms with Crippen molar-refractivity contribution in [1.29, 1.82) is 0 Å². The van der Waals surface area contributed by atoms with Gasteiger partial charge in [-0.3, -0.25) is 4.48 Å². The van der Waals surface area contributed by atoms with Crippen LogP contribution in [0.15, 0.2) is 12.2 Å². The zero-order valence-electron chi connectivity index (χ0n) is 29.8. The Balaban J connectivity index is 4.73. The molecule has 0 aliphatic carbocycles. The molecule has 7 heteroatoms. The molecule has 0 aromatic rings. The molecule has 3 unspecified atom stereocenters. The van der Waals surface area contributed by atoms with Crippen LogP contribution in [0.1, 0.15) is 188 Å². The number of carbonyl (C=O) groups is 3. The second kappa shape index (κ2) is 28.3. The van der Waals surface area contributed by atoms with Crippen LogP contribution in [-0.2, 0) is 14.4 Å². The Morgan fingerprint density at radius 3 is 1.00 bits per heavy atom. The summed E-state index contributed by atoms with van der Waals surface area (Å²) in [5, 5.41) is 30.9. The van der Waals surface area contributed by atoms with Crippen molar-refractivity contribution in [2.75, 3.05) is 6.54 Å². The maximum atomic E-state index is 12.6. The van der Waals surface area contributed by atoms with Gasteiger partial charge in [-0.15, -0.1) is 0 Å². The van der Waals surface area contributed by atoms with E-state index in [1.807, 2.05) is 32.9 Å². The van der Waals surface area contributed by atoms with Gasteiger partial charge in [0.05, 0.1) is 6.54 Å². The molecule has 0 heterocycles. The first kappa shape index (κ1) is 43.1. The van der Waals surface area contributed by atoms with E-state index < -0.39 is 40.5 Å². The molecule has 3 atom stereocenters. The lowest BCUT2D eigenvalue weighted by Gasteiger charge is -2.49. The molecule has 264 valence electrons. The van der Waals surface area contributed by atoms with Crippen LogP contribution < -0.4 is 0 Å². The van der Waals surface area contributed by atoms with Gasteiger partial charge in [-0.25, -0.2) is 14.4 Å². The third kappa shape index (κ3) is 18.1. The van der Waals surface area contributed by atoms with Crippen molar-refractivity contribution in [1.82, 2.24) is 0 Å². The SMILES string of the molecule is CCCCCCCCCCCCCCCCCCCC/C=C/C[N+](C(CCC)C(=O)O)(C(CCC)C(=O)O)C(CCC)C(=O)O. The number of hydrogen-bond donors (Lipinski definition) is 3. The summed E-state index contributed by atoms with van der Waals surface area (Å²) in [6.45, 7) is 7.97. The molecule has 0 spiro atoms. The third-order valence-corrected chi connectivity index (χ3v) is 9.59. The van der Waals surface area contributed by atoms with Crippen LogP contribution in [0.25, 0.3) is 0 Å². The number of quaternary nitrogens is 1. The number of rotatable bonds is 33. The van der Waals surface area contributed by atoms with Gasteiger partial charge in [-0.05, 0) is 38.2 Å². The average Bonchev–Trinajstić information content (AvgIpc) is 3.00. The minimum absolute atomic E-state index is 0.101. The zero-order valence-corrected chi connectivity index (χ0v) is 29.8. The molecule has 0 aliphatic rings. The van der Waals surface area contributed by atoms with E-state index in [0.29, 0.717) is 19.3 Å². The predicted octanol–water partition coefficient (Wildman–Crippen LogP) is 10.6. The molecule has 0 saturated carbocycles. The fourth-order valence-electron chi connectivity index (χ4n) is 7.10. The van der Waals surface area contributed by atoms with Gasteiger partial charge >= 0.3 is 17.9 Å². The maximum Gasteiger partial charge on any atom is 0.362 e. The highest BCUT2D eigenvalue weighted by molar-refractivity contribution is 5.78. The first-order valence-electron chi connectivity index (χ1n) is 18.9. The standard InChI is InChI=1S/C38H71NO6/c1-5-9-10-11-12-13-14-15-16-17-18-19-20-21-22-23-24-25-26-27-28-32-39(33(29-6-2)36(40)41,34(30-7-3)37(42)43)35(31-8-4)38(44)45/h27-28,33-35H,5-26,29-32H2,1-4H3,(H2-,40,41,42,43,44,45)/p+1/b28-27+.